The van der Waals surface area contributed by atoms with Crippen molar-refractivity contribution in [2.24, 2.45) is 11.8 Å². The lowest BCUT2D eigenvalue weighted by atomic mass is 10.3. The molecule has 5 heteroatoms. The van der Waals surface area contributed by atoms with Crippen LogP contribution in [0.1, 0.15) is 32.2 Å². The molecule has 5 nitrogen and oxygen atoms in total. The minimum absolute atomic E-state index is 0.106. The molecule has 1 aromatic rings. The molecular formula is C11H20N4O. The molecule has 0 saturated heterocycles. The van der Waals surface area contributed by atoms with Gasteiger partial charge in [0.15, 0.2) is 0 Å². The zero-order valence-corrected chi connectivity index (χ0v) is 10.4. The van der Waals surface area contributed by atoms with E-state index in [0.717, 1.165) is 18.4 Å². The third kappa shape index (κ3) is 2.35. The average Bonchev–Trinajstić information content (AvgIpc) is 2.81. The van der Waals surface area contributed by atoms with Crippen molar-refractivity contribution in [1.82, 2.24) is 15.5 Å². The minimum Gasteiger partial charge on any atom is -0.406 e. The molecule has 0 radical (unpaired) electrons. The highest BCUT2D eigenvalue weighted by atomic mass is 16.4. The molecule has 3 unspecified atom stereocenters. The van der Waals surface area contributed by atoms with Crippen molar-refractivity contribution in [3.8, 4) is 0 Å². The van der Waals surface area contributed by atoms with Crippen LogP contribution in [0, 0.1) is 11.8 Å². The van der Waals surface area contributed by atoms with Crippen LogP contribution in [0.3, 0.4) is 0 Å². The van der Waals surface area contributed by atoms with E-state index in [0.29, 0.717) is 11.9 Å². The molecule has 16 heavy (non-hydrogen) atoms. The van der Waals surface area contributed by atoms with Crippen LogP contribution in [-0.2, 0) is 0 Å². The smallest absolute Gasteiger partial charge is 0.317 e. The predicted molar refractivity (Wildman–Crippen MR) is 62.3 cm³/mol. The maximum Gasteiger partial charge on any atom is 0.317 e. The fraction of sp³-hybridized carbons (Fsp3) is 0.818. The van der Waals surface area contributed by atoms with Crippen molar-refractivity contribution in [2.45, 2.75) is 26.3 Å². The highest BCUT2D eigenvalue weighted by Crippen LogP contribution is 2.38. The van der Waals surface area contributed by atoms with Crippen molar-refractivity contribution < 1.29 is 4.42 Å². The van der Waals surface area contributed by atoms with Crippen molar-refractivity contribution in [2.75, 3.05) is 25.5 Å². The first kappa shape index (κ1) is 11.4. The number of rotatable bonds is 5. The van der Waals surface area contributed by atoms with E-state index in [4.69, 9.17) is 4.42 Å². The first-order valence-electron chi connectivity index (χ1n) is 5.83. The number of hydrogen-bond acceptors (Lipinski definition) is 5. The molecular weight excluding hydrogens is 204 g/mol. The monoisotopic (exact) mass is 224 g/mol. The molecule has 1 aromatic heterocycles. The first-order valence-corrected chi connectivity index (χ1v) is 5.83. The largest absolute Gasteiger partial charge is 0.406 e. The molecule has 1 aliphatic carbocycles. The second kappa shape index (κ2) is 4.41. The van der Waals surface area contributed by atoms with Gasteiger partial charge in [-0.2, -0.15) is 0 Å². The molecule has 1 saturated carbocycles. The Morgan fingerprint density at radius 3 is 2.81 bits per heavy atom. The fourth-order valence-electron chi connectivity index (χ4n) is 1.76. The summed E-state index contributed by atoms with van der Waals surface area (Å²) in [7, 11) is 3.89. The maximum atomic E-state index is 5.60. The molecule has 1 aliphatic rings. The standard InChI is InChI=1S/C11H20N4O/c1-7-5-9(7)6-15(4)11-14-13-10(16-11)8(2)12-3/h7-9,12H,5-6H2,1-4H3. The molecule has 1 heterocycles. The zero-order valence-electron chi connectivity index (χ0n) is 10.4. The van der Waals surface area contributed by atoms with Gasteiger partial charge in [-0.15, -0.1) is 5.10 Å². The zero-order chi connectivity index (χ0) is 11.7. The van der Waals surface area contributed by atoms with E-state index in [2.05, 4.69) is 22.4 Å². The van der Waals surface area contributed by atoms with Crippen LogP contribution in [0.25, 0.3) is 0 Å². The summed E-state index contributed by atoms with van der Waals surface area (Å²) < 4.78 is 5.60. The summed E-state index contributed by atoms with van der Waals surface area (Å²) in [6, 6.07) is 0.727. The van der Waals surface area contributed by atoms with Crippen LogP contribution in [0.4, 0.5) is 6.01 Å². The van der Waals surface area contributed by atoms with E-state index < -0.39 is 0 Å². The van der Waals surface area contributed by atoms with Crippen molar-refractivity contribution >= 4 is 6.01 Å². The summed E-state index contributed by atoms with van der Waals surface area (Å²) in [4.78, 5) is 2.05. The molecule has 0 aromatic carbocycles. The van der Waals surface area contributed by atoms with E-state index in [1.54, 1.807) is 0 Å². The molecule has 0 aliphatic heterocycles. The van der Waals surface area contributed by atoms with Crippen LogP contribution in [-0.4, -0.2) is 30.8 Å². The summed E-state index contributed by atoms with van der Waals surface area (Å²) >= 11 is 0. The summed E-state index contributed by atoms with van der Waals surface area (Å²) in [6.07, 6.45) is 1.32. The molecule has 0 bridgehead atoms. The summed E-state index contributed by atoms with van der Waals surface area (Å²) in [5, 5.41) is 11.2. The third-order valence-electron chi connectivity index (χ3n) is 3.34. The third-order valence-corrected chi connectivity index (χ3v) is 3.34. The van der Waals surface area contributed by atoms with E-state index >= 15 is 0 Å². The number of nitrogens with zero attached hydrogens (tertiary/aromatic N) is 3. The summed E-state index contributed by atoms with van der Waals surface area (Å²) in [6.45, 7) is 5.29. The van der Waals surface area contributed by atoms with Gasteiger partial charge in [0.25, 0.3) is 0 Å². The van der Waals surface area contributed by atoms with Gasteiger partial charge in [-0.3, -0.25) is 0 Å². The molecule has 0 amide bonds. The van der Waals surface area contributed by atoms with Gasteiger partial charge in [0.1, 0.15) is 0 Å². The van der Waals surface area contributed by atoms with Gasteiger partial charge in [0.05, 0.1) is 6.04 Å². The van der Waals surface area contributed by atoms with E-state index in [1.807, 2.05) is 25.9 Å². The number of hydrogen-bond donors (Lipinski definition) is 1. The first-order chi connectivity index (χ1) is 7.61. The molecule has 1 N–H and O–H groups in total. The number of anilines is 1. The van der Waals surface area contributed by atoms with Crippen molar-refractivity contribution in [3.63, 3.8) is 0 Å². The highest BCUT2D eigenvalue weighted by Gasteiger charge is 2.34. The predicted octanol–water partition coefficient (Wildman–Crippen LogP) is 1.44. The van der Waals surface area contributed by atoms with Crippen molar-refractivity contribution in [3.05, 3.63) is 5.89 Å². The van der Waals surface area contributed by atoms with Crippen molar-refractivity contribution in [1.29, 1.82) is 0 Å². The van der Waals surface area contributed by atoms with Gasteiger partial charge in [-0.25, -0.2) is 0 Å². The molecule has 90 valence electrons. The Morgan fingerprint density at radius 2 is 2.25 bits per heavy atom. The van der Waals surface area contributed by atoms with Gasteiger partial charge < -0.3 is 14.6 Å². The number of aromatic nitrogens is 2. The lowest BCUT2D eigenvalue weighted by Gasteiger charge is -2.13. The van der Waals surface area contributed by atoms with E-state index in [-0.39, 0.29) is 6.04 Å². The Kier molecular flexibility index (Phi) is 3.14. The molecule has 2 rings (SSSR count). The Labute approximate surface area is 96.2 Å². The lowest BCUT2D eigenvalue weighted by Crippen LogP contribution is -2.20. The highest BCUT2D eigenvalue weighted by molar-refractivity contribution is 5.23. The Bertz CT molecular complexity index is 352. The quantitative estimate of drug-likeness (QED) is 0.820. The van der Waals surface area contributed by atoms with Crippen LogP contribution >= 0.6 is 0 Å². The summed E-state index contributed by atoms with van der Waals surface area (Å²) in [5.41, 5.74) is 0. The minimum atomic E-state index is 0.106. The maximum absolute atomic E-state index is 5.60. The second-order valence-electron chi connectivity index (χ2n) is 4.79. The molecule has 1 fully saturated rings. The SMILES string of the molecule is CNC(C)c1nnc(N(C)CC2CC2C)o1. The van der Waals surface area contributed by atoms with Gasteiger partial charge in [-0.1, -0.05) is 12.0 Å². The van der Waals surface area contributed by atoms with Gasteiger partial charge in [0.2, 0.25) is 5.89 Å². The Balaban J connectivity index is 1.95. The van der Waals surface area contributed by atoms with Gasteiger partial charge in [0, 0.05) is 13.6 Å². The fourth-order valence-corrected chi connectivity index (χ4v) is 1.76. The Hall–Kier alpha value is -1.10. The lowest BCUT2D eigenvalue weighted by molar-refractivity contribution is 0.431. The van der Waals surface area contributed by atoms with E-state index in [9.17, 15) is 0 Å². The normalized spacial score (nSPS) is 25.5. The van der Waals surface area contributed by atoms with Crippen LogP contribution in [0.5, 0.6) is 0 Å². The van der Waals surface area contributed by atoms with Crippen LogP contribution in [0.15, 0.2) is 4.42 Å². The van der Waals surface area contributed by atoms with Crippen LogP contribution < -0.4 is 10.2 Å². The Morgan fingerprint density at radius 1 is 1.56 bits per heavy atom. The molecule has 3 atom stereocenters. The van der Waals surface area contributed by atoms with Gasteiger partial charge in [-0.05, 0) is 32.2 Å². The summed E-state index contributed by atoms with van der Waals surface area (Å²) in [5.74, 6) is 2.29. The molecule has 0 spiro atoms. The topological polar surface area (TPSA) is 54.2 Å². The average molecular weight is 224 g/mol. The van der Waals surface area contributed by atoms with Crippen LogP contribution in [0.2, 0.25) is 0 Å². The van der Waals surface area contributed by atoms with Gasteiger partial charge >= 0.3 is 6.01 Å². The second-order valence-corrected chi connectivity index (χ2v) is 4.79. The van der Waals surface area contributed by atoms with E-state index in [1.165, 1.54) is 6.42 Å². The number of nitrogens with one attached hydrogen (secondary N) is 1.